The molecule has 1 amide bonds. The number of nitrogens with one attached hydrogen (secondary N) is 2. The van der Waals surface area contributed by atoms with Gasteiger partial charge < -0.3 is 16.4 Å². The van der Waals surface area contributed by atoms with Crippen molar-refractivity contribution in [3.05, 3.63) is 52.0 Å². The summed E-state index contributed by atoms with van der Waals surface area (Å²) in [5.74, 6) is -0.196. The van der Waals surface area contributed by atoms with Crippen LogP contribution in [0, 0.1) is 0 Å². The molecule has 2 aromatic rings. The van der Waals surface area contributed by atoms with Gasteiger partial charge >= 0.3 is 0 Å². The van der Waals surface area contributed by atoms with Gasteiger partial charge in [-0.1, -0.05) is 23.2 Å². The second-order valence-corrected chi connectivity index (χ2v) is 6.09. The van der Waals surface area contributed by atoms with Crippen molar-refractivity contribution >= 4 is 46.2 Å². The van der Waals surface area contributed by atoms with Gasteiger partial charge in [0.1, 0.15) is 0 Å². The van der Waals surface area contributed by atoms with Crippen LogP contribution in [0.3, 0.4) is 0 Å². The molecule has 0 aromatic heterocycles. The van der Waals surface area contributed by atoms with Crippen molar-refractivity contribution in [1.82, 2.24) is 5.32 Å². The molecule has 0 atom stereocenters. The number of halogens is 2. The molecule has 0 heterocycles. The summed E-state index contributed by atoms with van der Waals surface area (Å²) in [6, 6.07) is 10.2. The Balaban J connectivity index is 2.36. The summed E-state index contributed by atoms with van der Waals surface area (Å²) in [7, 11) is 0. The number of carbonyl (C=O) groups is 1. The van der Waals surface area contributed by atoms with E-state index >= 15 is 0 Å². The third-order valence-electron chi connectivity index (χ3n) is 2.85. The maximum atomic E-state index is 12.3. The summed E-state index contributed by atoms with van der Waals surface area (Å²) in [5.41, 5.74) is 8.09. The van der Waals surface area contributed by atoms with Crippen LogP contribution < -0.4 is 16.4 Å². The van der Waals surface area contributed by atoms with Crippen LogP contribution in [-0.4, -0.2) is 11.9 Å². The Morgan fingerprint density at radius 1 is 1.09 bits per heavy atom. The first-order valence-corrected chi connectivity index (χ1v) is 7.54. The van der Waals surface area contributed by atoms with E-state index in [4.69, 9.17) is 28.9 Å². The van der Waals surface area contributed by atoms with Gasteiger partial charge in [-0.15, -0.1) is 0 Å². The number of nitrogen functional groups attached to an aromatic ring is 1. The van der Waals surface area contributed by atoms with Crippen molar-refractivity contribution in [2.45, 2.75) is 19.9 Å². The van der Waals surface area contributed by atoms with E-state index in [1.165, 1.54) is 0 Å². The molecule has 116 valence electrons. The molecule has 0 aliphatic heterocycles. The Kier molecular flexibility index (Phi) is 5.16. The van der Waals surface area contributed by atoms with E-state index in [9.17, 15) is 4.79 Å². The minimum atomic E-state index is -0.196. The van der Waals surface area contributed by atoms with Gasteiger partial charge in [-0.05, 0) is 50.2 Å². The summed E-state index contributed by atoms with van der Waals surface area (Å²) in [5, 5.41) is 7.02. The van der Waals surface area contributed by atoms with E-state index in [1.807, 2.05) is 13.8 Å². The van der Waals surface area contributed by atoms with E-state index in [-0.39, 0.29) is 11.9 Å². The molecule has 0 radical (unpaired) electrons. The normalized spacial score (nSPS) is 10.6. The molecule has 0 spiro atoms. The highest BCUT2D eigenvalue weighted by Crippen LogP contribution is 2.28. The van der Waals surface area contributed by atoms with Crippen molar-refractivity contribution in [1.29, 1.82) is 0 Å². The maximum absolute atomic E-state index is 12.3. The molecule has 4 N–H and O–H groups in total. The van der Waals surface area contributed by atoms with E-state index in [0.29, 0.717) is 32.7 Å². The number of benzene rings is 2. The number of hydrogen-bond donors (Lipinski definition) is 3. The van der Waals surface area contributed by atoms with Crippen LogP contribution >= 0.6 is 23.2 Å². The molecule has 2 aromatic carbocycles. The van der Waals surface area contributed by atoms with Crippen LogP contribution in [-0.2, 0) is 0 Å². The highest BCUT2D eigenvalue weighted by atomic mass is 35.5. The van der Waals surface area contributed by atoms with Gasteiger partial charge in [0.05, 0.1) is 11.3 Å². The second-order valence-electron chi connectivity index (χ2n) is 5.22. The van der Waals surface area contributed by atoms with Gasteiger partial charge in [0.2, 0.25) is 0 Å². The number of amides is 1. The lowest BCUT2D eigenvalue weighted by atomic mass is 10.1. The molecular formula is C16H17Cl2N3O. The SMILES string of the molecule is CC(C)NC(=O)c1cc(N)ccc1Nc1cc(Cl)cc(Cl)c1. The molecule has 0 saturated heterocycles. The molecular weight excluding hydrogens is 321 g/mol. The van der Waals surface area contributed by atoms with Gasteiger partial charge in [0.15, 0.2) is 0 Å². The molecule has 0 unspecified atom stereocenters. The molecule has 22 heavy (non-hydrogen) atoms. The lowest BCUT2D eigenvalue weighted by molar-refractivity contribution is 0.0944. The minimum absolute atomic E-state index is 0.0300. The van der Waals surface area contributed by atoms with Crippen LogP contribution in [0.5, 0.6) is 0 Å². The Morgan fingerprint density at radius 2 is 1.73 bits per heavy atom. The first-order valence-electron chi connectivity index (χ1n) is 6.78. The smallest absolute Gasteiger partial charge is 0.253 e. The van der Waals surface area contributed by atoms with Gasteiger partial charge in [-0.3, -0.25) is 4.79 Å². The predicted octanol–water partition coefficient (Wildman–Crippen LogP) is 4.46. The minimum Gasteiger partial charge on any atom is -0.399 e. The van der Waals surface area contributed by atoms with Gasteiger partial charge in [-0.2, -0.15) is 0 Å². The quantitative estimate of drug-likeness (QED) is 0.721. The van der Waals surface area contributed by atoms with Gasteiger partial charge in [0.25, 0.3) is 5.91 Å². The Labute approximate surface area is 139 Å². The Hall–Kier alpha value is -1.91. The topological polar surface area (TPSA) is 67.2 Å². The molecule has 0 bridgehead atoms. The summed E-state index contributed by atoms with van der Waals surface area (Å²) in [4.78, 5) is 12.3. The van der Waals surface area contributed by atoms with Crippen LogP contribution in [0.2, 0.25) is 10.0 Å². The zero-order valence-corrected chi connectivity index (χ0v) is 13.8. The molecule has 2 rings (SSSR count). The van der Waals surface area contributed by atoms with Crippen LogP contribution in [0.15, 0.2) is 36.4 Å². The molecule has 6 heteroatoms. The number of rotatable bonds is 4. The van der Waals surface area contributed by atoms with Crippen LogP contribution in [0.25, 0.3) is 0 Å². The summed E-state index contributed by atoms with van der Waals surface area (Å²) >= 11 is 12.0. The summed E-state index contributed by atoms with van der Waals surface area (Å²) in [6.07, 6.45) is 0. The highest BCUT2D eigenvalue weighted by Gasteiger charge is 2.13. The molecule has 0 aliphatic rings. The third-order valence-corrected chi connectivity index (χ3v) is 3.29. The highest BCUT2D eigenvalue weighted by molar-refractivity contribution is 6.35. The van der Waals surface area contributed by atoms with Crippen LogP contribution in [0.4, 0.5) is 17.1 Å². The van der Waals surface area contributed by atoms with Gasteiger partial charge in [-0.25, -0.2) is 0 Å². The molecule has 4 nitrogen and oxygen atoms in total. The maximum Gasteiger partial charge on any atom is 0.253 e. The van der Waals surface area contributed by atoms with Gasteiger partial charge in [0, 0.05) is 27.5 Å². The van der Waals surface area contributed by atoms with Crippen molar-refractivity contribution in [3.63, 3.8) is 0 Å². The monoisotopic (exact) mass is 337 g/mol. The fourth-order valence-corrected chi connectivity index (χ4v) is 2.51. The number of carbonyl (C=O) groups excluding carboxylic acids is 1. The average molecular weight is 338 g/mol. The van der Waals surface area contributed by atoms with Crippen molar-refractivity contribution in [2.24, 2.45) is 0 Å². The van der Waals surface area contributed by atoms with E-state index in [0.717, 1.165) is 0 Å². The van der Waals surface area contributed by atoms with Crippen molar-refractivity contribution in [3.8, 4) is 0 Å². The molecule has 0 saturated carbocycles. The zero-order valence-electron chi connectivity index (χ0n) is 12.3. The van der Waals surface area contributed by atoms with Crippen LogP contribution in [0.1, 0.15) is 24.2 Å². The predicted molar refractivity (Wildman–Crippen MR) is 93.2 cm³/mol. The number of nitrogens with two attached hydrogens (primary N) is 1. The standard InChI is InChI=1S/C16H17Cl2N3O/c1-9(2)20-16(22)14-8-12(19)3-4-15(14)21-13-6-10(17)5-11(18)7-13/h3-9,21H,19H2,1-2H3,(H,20,22). The van der Waals surface area contributed by atoms with E-state index in [1.54, 1.807) is 36.4 Å². The zero-order chi connectivity index (χ0) is 16.3. The summed E-state index contributed by atoms with van der Waals surface area (Å²) in [6.45, 7) is 3.79. The van der Waals surface area contributed by atoms with Crippen molar-refractivity contribution in [2.75, 3.05) is 11.1 Å². The summed E-state index contributed by atoms with van der Waals surface area (Å²) < 4.78 is 0. The fourth-order valence-electron chi connectivity index (χ4n) is 1.98. The number of anilines is 3. The first-order chi connectivity index (χ1) is 10.3. The lowest BCUT2D eigenvalue weighted by Gasteiger charge is -2.15. The number of hydrogen-bond acceptors (Lipinski definition) is 3. The molecule has 0 aliphatic carbocycles. The Morgan fingerprint density at radius 3 is 2.32 bits per heavy atom. The van der Waals surface area contributed by atoms with E-state index < -0.39 is 0 Å². The molecule has 0 fully saturated rings. The first kappa shape index (κ1) is 16.5. The fraction of sp³-hybridized carbons (Fsp3) is 0.188. The second kappa shape index (κ2) is 6.90. The van der Waals surface area contributed by atoms with Crippen molar-refractivity contribution < 1.29 is 4.79 Å². The third kappa shape index (κ3) is 4.29. The average Bonchev–Trinajstić information content (AvgIpc) is 2.38. The largest absolute Gasteiger partial charge is 0.399 e. The Bertz CT molecular complexity index is 682. The van der Waals surface area contributed by atoms with E-state index in [2.05, 4.69) is 10.6 Å². The lowest BCUT2D eigenvalue weighted by Crippen LogP contribution is -2.30.